The monoisotopic (exact) mass is 783 g/mol. The van der Waals surface area contributed by atoms with Crippen molar-refractivity contribution in [3.63, 3.8) is 0 Å². The van der Waals surface area contributed by atoms with Gasteiger partial charge in [-0.3, -0.25) is 0 Å². The van der Waals surface area contributed by atoms with Crippen molar-refractivity contribution in [3.05, 3.63) is 75.9 Å². The van der Waals surface area contributed by atoms with Crippen molar-refractivity contribution < 1.29 is 0 Å². The lowest BCUT2D eigenvalue weighted by molar-refractivity contribution is 0.0958. The topological polar surface area (TPSA) is 0 Å². The lowest BCUT2D eigenvalue weighted by Crippen LogP contribution is -2.30. The highest BCUT2D eigenvalue weighted by molar-refractivity contribution is 5.63. The molecule has 0 aromatic heterocycles. The molecule has 0 fully saturated rings. The molecule has 0 N–H and O–H groups in total. The average molecular weight is 783 g/mol. The van der Waals surface area contributed by atoms with Gasteiger partial charge >= 0.3 is 0 Å². The quantitative estimate of drug-likeness (QED) is 0.141. The van der Waals surface area contributed by atoms with Crippen LogP contribution in [-0.4, -0.2) is 0 Å². The van der Waals surface area contributed by atoms with Gasteiger partial charge < -0.3 is 0 Å². The highest BCUT2D eigenvalue weighted by Gasteiger charge is 2.34. The van der Waals surface area contributed by atoms with E-state index in [1.807, 2.05) is 76.2 Å². The van der Waals surface area contributed by atoms with Gasteiger partial charge in [0, 0.05) is 0 Å². The maximum absolute atomic E-state index is 3.94. The Labute approximate surface area is 359 Å². The molecule has 0 nitrogen and oxygen atoms in total. The molecule has 0 amide bonds. The zero-order valence-electron chi connectivity index (χ0n) is 43.8. The molecule has 0 saturated heterocycles. The van der Waals surface area contributed by atoms with E-state index in [0.717, 1.165) is 11.5 Å². The van der Waals surface area contributed by atoms with Gasteiger partial charge in [0.2, 0.25) is 0 Å². The molecule has 0 radical (unpaired) electrons. The zero-order valence-corrected chi connectivity index (χ0v) is 43.8. The highest BCUT2D eigenvalue weighted by atomic mass is 14.4. The fourth-order valence-electron chi connectivity index (χ4n) is 8.16. The van der Waals surface area contributed by atoms with Crippen molar-refractivity contribution in [1.82, 2.24) is 0 Å². The first-order valence-electron chi connectivity index (χ1n) is 24.6. The molecule has 0 aliphatic rings. The Morgan fingerprint density at radius 1 is 0.518 bits per heavy atom. The molecule has 2 rings (SSSR count). The number of hydrogen-bond donors (Lipinski definition) is 0. The van der Waals surface area contributed by atoms with Gasteiger partial charge in [-0.2, -0.15) is 0 Å². The molecular formula is C56H110. The van der Waals surface area contributed by atoms with Crippen molar-refractivity contribution in [2.24, 2.45) is 11.3 Å². The van der Waals surface area contributed by atoms with E-state index in [2.05, 4.69) is 127 Å². The second-order valence-electron chi connectivity index (χ2n) is 14.8. The normalized spacial score (nSPS) is 10.5. The number of unbranched alkanes of at least 4 members (excludes halogenated alkanes) is 1. The average Bonchev–Trinajstić information content (AvgIpc) is 3.22. The van der Waals surface area contributed by atoms with Crippen molar-refractivity contribution in [2.45, 2.75) is 268 Å². The molecule has 0 heteroatoms. The number of benzene rings is 2. The minimum absolute atomic E-state index is 0.419. The van der Waals surface area contributed by atoms with Crippen molar-refractivity contribution in [2.75, 3.05) is 0 Å². The number of hydrogen-bond acceptors (Lipinski definition) is 0. The van der Waals surface area contributed by atoms with E-state index >= 15 is 0 Å². The molecule has 2 aromatic carbocycles. The molecule has 0 spiro atoms. The first-order valence-corrected chi connectivity index (χ1v) is 24.6. The Bertz CT molecular complexity index is 1050. The SMILES string of the molecule is C=C(C)c1cc(C)c(C)c(C)c1.CC.CC.CC.CC.CC.CCCC(CC)(CCC)c1ccc(C)c(C)c1.CCCCC(CC)C(CCC)(CCC)CCC. The van der Waals surface area contributed by atoms with Crippen LogP contribution in [-0.2, 0) is 5.41 Å². The number of allylic oxidation sites excluding steroid dienone is 1. The van der Waals surface area contributed by atoms with Gasteiger partial charge in [0.05, 0.1) is 0 Å². The lowest BCUT2D eigenvalue weighted by atomic mass is 9.64. The van der Waals surface area contributed by atoms with Gasteiger partial charge in [-0.1, -0.05) is 218 Å². The first-order chi connectivity index (χ1) is 26.8. The van der Waals surface area contributed by atoms with Crippen LogP contribution in [0.1, 0.15) is 267 Å². The second-order valence-corrected chi connectivity index (χ2v) is 14.8. The van der Waals surface area contributed by atoms with Crippen LogP contribution in [0.2, 0.25) is 0 Å². The molecule has 1 unspecified atom stereocenters. The summed E-state index contributed by atoms with van der Waals surface area (Å²) in [5.41, 5.74) is 12.0. The predicted molar refractivity (Wildman–Crippen MR) is 270 cm³/mol. The molecule has 0 aliphatic heterocycles. The van der Waals surface area contributed by atoms with Crippen LogP contribution in [0.4, 0.5) is 0 Å². The largest absolute Gasteiger partial charge is 0.0955 e. The van der Waals surface area contributed by atoms with Crippen LogP contribution in [0, 0.1) is 46.0 Å². The van der Waals surface area contributed by atoms with Gasteiger partial charge in [0.15, 0.2) is 0 Å². The summed E-state index contributed by atoms with van der Waals surface area (Å²) in [6, 6.07) is 11.5. The van der Waals surface area contributed by atoms with Gasteiger partial charge in [0.25, 0.3) is 0 Å². The smallest absolute Gasteiger partial charge is 0.00497 e. The van der Waals surface area contributed by atoms with Gasteiger partial charge in [0.1, 0.15) is 0 Å². The maximum atomic E-state index is 3.94. The molecule has 0 heterocycles. The fraction of sp³-hybridized carbons (Fsp3) is 0.750. The minimum atomic E-state index is 0.419. The Balaban J connectivity index is -0.000000151. The van der Waals surface area contributed by atoms with Crippen LogP contribution in [0.5, 0.6) is 0 Å². The third-order valence-electron chi connectivity index (χ3n) is 11.2. The molecule has 0 saturated carbocycles. The molecule has 334 valence electrons. The summed E-state index contributed by atoms with van der Waals surface area (Å²) in [7, 11) is 0. The van der Waals surface area contributed by atoms with Crippen molar-refractivity contribution in [3.8, 4) is 0 Å². The van der Waals surface area contributed by atoms with E-state index in [4.69, 9.17) is 0 Å². The standard InChI is InChI=1S/C17H28.C17H36.C12H16.5C2H6/c1-6-11-17(8-3,12-7-2)16-10-9-14(4)15(5)13-16;1-6-11-12-16(10-5)17(13-7-2,14-8-3)15-9-4;1-8(2)12-6-9(3)11(5)10(4)7-12;5*1-2/h9-10,13H,6-8,11-12H2,1-5H3;16H,6-15H2,1-5H3;6-7H,1H2,2-5H3;5*1-2H3. The molecule has 2 aromatic rings. The highest BCUT2D eigenvalue weighted by Crippen LogP contribution is 2.46. The van der Waals surface area contributed by atoms with Crippen LogP contribution < -0.4 is 0 Å². The fourth-order valence-corrected chi connectivity index (χ4v) is 8.16. The van der Waals surface area contributed by atoms with E-state index in [1.165, 1.54) is 130 Å². The van der Waals surface area contributed by atoms with Gasteiger partial charge in [-0.25, -0.2) is 0 Å². The van der Waals surface area contributed by atoms with Crippen molar-refractivity contribution in [1.29, 1.82) is 0 Å². The summed E-state index contributed by atoms with van der Waals surface area (Å²) in [5, 5.41) is 0. The Hall–Kier alpha value is -1.82. The molecule has 56 heavy (non-hydrogen) atoms. The Kier molecular flexibility index (Phi) is 52.2. The summed E-state index contributed by atoms with van der Waals surface area (Å²) in [6.45, 7) is 55.7. The molecule has 1 atom stereocenters. The Morgan fingerprint density at radius 3 is 1.20 bits per heavy atom. The van der Waals surface area contributed by atoms with Crippen molar-refractivity contribution >= 4 is 5.57 Å². The van der Waals surface area contributed by atoms with E-state index < -0.39 is 0 Å². The third-order valence-corrected chi connectivity index (χ3v) is 11.2. The Morgan fingerprint density at radius 2 is 0.911 bits per heavy atom. The minimum Gasteiger partial charge on any atom is -0.0955 e. The van der Waals surface area contributed by atoms with Crippen LogP contribution in [0.15, 0.2) is 36.9 Å². The number of aryl methyl sites for hydroxylation is 4. The summed E-state index contributed by atoms with van der Waals surface area (Å²) in [6.07, 6.45) is 20.6. The molecule has 0 bridgehead atoms. The first kappa shape index (κ1) is 66.0. The molecule has 0 aliphatic carbocycles. The number of rotatable bonds is 18. The van der Waals surface area contributed by atoms with E-state index in [-0.39, 0.29) is 0 Å². The van der Waals surface area contributed by atoms with Crippen LogP contribution in [0.3, 0.4) is 0 Å². The lowest BCUT2D eigenvalue weighted by Gasteiger charge is -2.41. The zero-order chi connectivity index (χ0) is 45.3. The summed E-state index contributed by atoms with van der Waals surface area (Å²) in [4.78, 5) is 0. The van der Waals surface area contributed by atoms with E-state index in [0.29, 0.717) is 10.8 Å². The van der Waals surface area contributed by atoms with E-state index in [9.17, 15) is 0 Å². The summed E-state index contributed by atoms with van der Waals surface area (Å²) < 4.78 is 0. The third kappa shape index (κ3) is 26.2. The van der Waals surface area contributed by atoms with Gasteiger partial charge in [-0.15, -0.1) is 0 Å². The van der Waals surface area contributed by atoms with E-state index in [1.54, 1.807) is 5.56 Å². The van der Waals surface area contributed by atoms with Crippen LogP contribution in [0.25, 0.3) is 5.57 Å². The predicted octanol–water partition coefficient (Wildman–Crippen LogP) is 20.9. The molecular weight excluding hydrogens is 673 g/mol. The maximum Gasteiger partial charge on any atom is -0.00497 e. The second kappa shape index (κ2) is 44.3. The summed E-state index contributed by atoms with van der Waals surface area (Å²) >= 11 is 0. The summed E-state index contributed by atoms with van der Waals surface area (Å²) in [5.74, 6) is 0.974. The van der Waals surface area contributed by atoms with Gasteiger partial charge in [-0.05, 0) is 142 Å². The van der Waals surface area contributed by atoms with Crippen LogP contribution >= 0.6 is 0 Å².